The van der Waals surface area contributed by atoms with E-state index in [0.29, 0.717) is 20.7 Å². The summed E-state index contributed by atoms with van der Waals surface area (Å²) in [6, 6.07) is 13.0. The molecule has 1 fully saturated rings. The monoisotopic (exact) mass is 428 g/mol. The fourth-order valence-corrected chi connectivity index (χ4v) is 3.81. The second-order valence-electron chi connectivity index (χ2n) is 5.98. The lowest BCUT2D eigenvalue weighted by Crippen LogP contribution is -2.36. The number of carboxylic acid groups (broad SMARTS) is 1. The van der Waals surface area contributed by atoms with E-state index in [1.54, 1.807) is 25.3 Å². The Bertz CT molecular complexity index is 1020. The van der Waals surface area contributed by atoms with Crippen molar-refractivity contribution in [3.8, 4) is 5.75 Å². The molecule has 148 valence electrons. The fraction of sp³-hybridized carbons (Fsp3) is 0.100. The molecule has 1 aliphatic heterocycles. The smallest absolute Gasteiger partial charge is 0.335 e. The molecule has 29 heavy (non-hydrogen) atoms. The number of benzene rings is 2. The third kappa shape index (κ3) is 5.01. The summed E-state index contributed by atoms with van der Waals surface area (Å²) in [6.07, 6.45) is 1.70. The molecule has 2 aromatic carbocycles. The van der Waals surface area contributed by atoms with Gasteiger partial charge in [-0.2, -0.15) is 0 Å². The van der Waals surface area contributed by atoms with Gasteiger partial charge in [-0.15, -0.1) is 0 Å². The van der Waals surface area contributed by atoms with Gasteiger partial charge in [0.2, 0.25) is 5.91 Å². The van der Waals surface area contributed by atoms with Crippen molar-refractivity contribution in [3.05, 3.63) is 64.6 Å². The zero-order valence-electron chi connectivity index (χ0n) is 15.2. The van der Waals surface area contributed by atoms with E-state index in [1.165, 1.54) is 29.2 Å². The van der Waals surface area contributed by atoms with Gasteiger partial charge in [-0.25, -0.2) is 4.79 Å². The van der Waals surface area contributed by atoms with Crippen LogP contribution in [0.4, 0.5) is 5.69 Å². The zero-order chi connectivity index (χ0) is 21.0. The molecule has 2 aromatic rings. The van der Waals surface area contributed by atoms with Crippen molar-refractivity contribution < 1.29 is 24.2 Å². The highest BCUT2D eigenvalue weighted by molar-refractivity contribution is 8.26. The number of ether oxygens (including phenoxy) is 1. The van der Waals surface area contributed by atoms with E-state index in [1.807, 2.05) is 12.1 Å². The molecule has 0 aliphatic carbocycles. The summed E-state index contributed by atoms with van der Waals surface area (Å²) in [4.78, 5) is 37.5. The van der Waals surface area contributed by atoms with Crippen LogP contribution in [0.25, 0.3) is 6.08 Å². The Morgan fingerprint density at radius 3 is 2.62 bits per heavy atom. The summed E-state index contributed by atoms with van der Waals surface area (Å²) < 4.78 is 5.47. The highest BCUT2D eigenvalue weighted by Gasteiger charge is 2.33. The van der Waals surface area contributed by atoms with Gasteiger partial charge in [0.1, 0.15) is 16.6 Å². The number of thiocarbonyl (C=S) groups is 1. The van der Waals surface area contributed by atoms with E-state index < -0.39 is 11.9 Å². The first kappa shape index (κ1) is 20.6. The Labute approximate surface area is 176 Å². The molecule has 0 spiro atoms. The third-order valence-corrected chi connectivity index (χ3v) is 5.36. The molecule has 0 unspecified atom stereocenters. The number of carbonyl (C=O) groups is 3. The normalized spacial score (nSPS) is 14.9. The lowest BCUT2D eigenvalue weighted by molar-refractivity contribution is -0.126. The molecule has 1 heterocycles. The van der Waals surface area contributed by atoms with Gasteiger partial charge in [0.25, 0.3) is 5.91 Å². The number of anilines is 1. The van der Waals surface area contributed by atoms with Crippen molar-refractivity contribution in [1.29, 1.82) is 0 Å². The van der Waals surface area contributed by atoms with Gasteiger partial charge in [-0.3, -0.25) is 14.5 Å². The number of nitrogens with one attached hydrogen (secondary N) is 1. The van der Waals surface area contributed by atoms with Crippen LogP contribution in [0, 0.1) is 0 Å². The number of rotatable bonds is 6. The number of hydrogen-bond donors (Lipinski definition) is 2. The maximum absolute atomic E-state index is 12.7. The number of methoxy groups -OCH3 is 1. The van der Waals surface area contributed by atoms with Crippen LogP contribution in [0.1, 0.15) is 15.9 Å². The molecule has 1 saturated heterocycles. The van der Waals surface area contributed by atoms with Crippen molar-refractivity contribution in [3.63, 3.8) is 0 Å². The lowest BCUT2D eigenvalue weighted by atomic mass is 10.2. The minimum atomic E-state index is -1.05. The summed E-state index contributed by atoms with van der Waals surface area (Å²) in [5, 5.41) is 11.5. The Hall–Kier alpha value is -3.17. The van der Waals surface area contributed by atoms with Crippen LogP contribution >= 0.6 is 24.0 Å². The molecule has 0 radical (unpaired) electrons. The molecule has 0 saturated carbocycles. The molecule has 2 amide bonds. The Morgan fingerprint density at radius 2 is 1.97 bits per heavy atom. The molecule has 0 atom stereocenters. The molecule has 0 bridgehead atoms. The van der Waals surface area contributed by atoms with E-state index in [-0.39, 0.29) is 18.0 Å². The van der Waals surface area contributed by atoms with E-state index in [9.17, 15) is 14.4 Å². The summed E-state index contributed by atoms with van der Waals surface area (Å²) in [6.45, 7) is -0.235. The van der Waals surface area contributed by atoms with Crippen LogP contribution in [0.3, 0.4) is 0 Å². The lowest BCUT2D eigenvalue weighted by Gasteiger charge is -2.14. The number of carboxylic acids is 1. The molecule has 2 N–H and O–H groups in total. The molecular formula is C20H16N2O5S2. The van der Waals surface area contributed by atoms with Gasteiger partial charge in [0.05, 0.1) is 17.6 Å². The zero-order valence-corrected chi connectivity index (χ0v) is 16.9. The van der Waals surface area contributed by atoms with Crippen LogP contribution in [0.5, 0.6) is 5.75 Å². The van der Waals surface area contributed by atoms with E-state index in [2.05, 4.69) is 5.32 Å². The van der Waals surface area contributed by atoms with E-state index in [0.717, 1.165) is 17.3 Å². The summed E-state index contributed by atoms with van der Waals surface area (Å²) in [5.41, 5.74) is 1.33. The van der Waals surface area contributed by atoms with Gasteiger partial charge >= 0.3 is 5.97 Å². The van der Waals surface area contributed by atoms with Crippen LogP contribution in [-0.4, -0.2) is 45.8 Å². The Morgan fingerprint density at radius 1 is 1.24 bits per heavy atom. The molecule has 1 aliphatic rings. The topological polar surface area (TPSA) is 95.9 Å². The van der Waals surface area contributed by atoms with Crippen molar-refractivity contribution in [1.82, 2.24) is 4.90 Å². The minimum absolute atomic E-state index is 0.114. The van der Waals surface area contributed by atoms with Gasteiger partial charge in [-0.1, -0.05) is 36.1 Å². The first-order valence-electron chi connectivity index (χ1n) is 8.40. The Kier molecular flexibility index (Phi) is 6.30. The summed E-state index contributed by atoms with van der Waals surface area (Å²) in [7, 11) is 1.56. The number of carbonyl (C=O) groups excluding carboxylic acids is 2. The number of amides is 2. The van der Waals surface area contributed by atoms with E-state index in [4.69, 9.17) is 22.1 Å². The summed E-state index contributed by atoms with van der Waals surface area (Å²) in [5.74, 6) is -1.17. The van der Waals surface area contributed by atoms with E-state index >= 15 is 0 Å². The standard InChI is InChI=1S/C20H16N2O5S2/c1-27-15-4-2-3-12(9-15)10-16-18(24)22(20(28)29-16)11-17(23)21-14-7-5-13(6-8-14)19(25)26/h2-10H,11H2,1H3,(H,21,23)(H,25,26)/b16-10-. The first-order chi connectivity index (χ1) is 13.9. The van der Waals surface area contributed by atoms with Crippen molar-refractivity contribution in [2.24, 2.45) is 0 Å². The van der Waals surface area contributed by atoms with Crippen LogP contribution < -0.4 is 10.1 Å². The fourth-order valence-electron chi connectivity index (χ4n) is 2.56. The van der Waals surface area contributed by atoms with Gasteiger partial charge in [0, 0.05) is 5.69 Å². The van der Waals surface area contributed by atoms with Crippen LogP contribution in [0.2, 0.25) is 0 Å². The number of nitrogens with zero attached hydrogens (tertiary/aromatic N) is 1. The van der Waals surface area contributed by atoms with Gasteiger partial charge < -0.3 is 15.2 Å². The summed E-state index contributed by atoms with van der Waals surface area (Å²) >= 11 is 6.37. The number of aromatic carboxylic acids is 1. The quantitative estimate of drug-likeness (QED) is 0.539. The molecule has 3 rings (SSSR count). The second kappa shape index (κ2) is 8.89. The largest absolute Gasteiger partial charge is 0.497 e. The molecule has 0 aromatic heterocycles. The van der Waals surface area contributed by atoms with Gasteiger partial charge in [0.15, 0.2) is 0 Å². The average molecular weight is 428 g/mol. The predicted octanol–water partition coefficient (Wildman–Crippen LogP) is 3.23. The van der Waals surface area contributed by atoms with Crippen molar-refractivity contribution in [2.45, 2.75) is 0 Å². The highest BCUT2D eigenvalue weighted by atomic mass is 32.2. The number of thioether (sulfide) groups is 1. The second-order valence-corrected chi connectivity index (χ2v) is 7.65. The average Bonchev–Trinajstić information content (AvgIpc) is 2.96. The SMILES string of the molecule is COc1cccc(/C=C2\SC(=S)N(CC(=O)Nc3ccc(C(=O)O)cc3)C2=O)c1. The highest BCUT2D eigenvalue weighted by Crippen LogP contribution is 2.32. The van der Waals surface area contributed by atoms with Crippen molar-refractivity contribution in [2.75, 3.05) is 19.0 Å². The first-order valence-corrected chi connectivity index (χ1v) is 9.62. The maximum Gasteiger partial charge on any atom is 0.335 e. The molecule has 9 heteroatoms. The Balaban J connectivity index is 1.67. The minimum Gasteiger partial charge on any atom is -0.497 e. The van der Waals surface area contributed by atoms with Crippen LogP contribution in [0.15, 0.2) is 53.4 Å². The predicted molar refractivity (Wildman–Crippen MR) is 115 cm³/mol. The molecule has 7 nitrogen and oxygen atoms in total. The maximum atomic E-state index is 12.7. The van der Waals surface area contributed by atoms with Crippen molar-refractivity contribution >= 4 is 57.8 Å². The molecular weight excluding hydrogens is 412 g/mol. The van der Waals surface area contributed by atoms with Crippen LogP contribution in [-0.2, 0) is 9.59 Å². The third-order valence-electron chi connectivity index (χ3n) is 3.98. The number of hydrogen-bond acceptors (Lipinski definition) is 6. The van der Waals surface area contributed by atoms with Gasteiger partial charge in [-0.05, 0) is 48.0 Å².